The molecule has 0 aromatic carbocycles. The number of rotatable bonds is 55. The predicted molar refractivity (Wildman–Crippen MR) is 283 cm³/mol. The van der Waals surface area contributed by atoms with Crippen LogP contribution in [0.15, 0.2) is 0 Å². The molecule has 0 aliphatic heterocycles. The second-order valence-corrected chi connectivity index (χ2v) is 20.2. The molecule has 0 heterocycles. The van der Waals surface area contributed by atoms with Crippen LogP contribution in [0.3, 0.4) is 0 Å². The summed E-state index contributed by atoms with van der Waals surface area (Å²) >= 11 is 0. The van der Waals surface area contributed by atoms with Gasteiger partial charge in [0.15, 0.2) is 0 Å². The quantitative estimate of drug-likeness (QED) is 0.0475. The molecular weight excluding hydrogens is 821 g/mol. The van der Waals surface area contributed by atoms with Gasteiger partial charge in [0.1, 0.15) is 0 Å². The van der Waals surface area contributed by atoms with Gasteiger partial charge in [-0.15, -0.1) is 0 Å². The fourth-order valence-corrected chi connectivity index (χ4v) is 9.45. The van der Waals surface area contributed by atoms with Gasteiger partial charge in [-0.25, -0.2) is 0 Å². The number of hydrogen-bond acceptors (Lipinski definition) is 8. The molecule has 8 heteroatoms. The van der Waals surface area contributed by atoms with E-state index in [0.29, 0.717) is 70.3 Å². The number of ether oxygens (including phenoxy) is 4. The van der Waals surface area contributed by atoms with E-state index in [2.05, 4.69) is 39.5 Å². The molecular formula is C58H116N2O6. The number of hydrogen-bond donors (Lipinski definition) is 1. The van der Waals surface area contributed by atoms with Gasteiger partial charge in [-0.3, -0.25) is 14.5 Å². The topological polar surface area (TPSA) is 100 Å². The maximum absolute atomic E-state index is 12.6. The van der Waals surface area contributed by atoms with E-state index in [0.717, 1.165) is 45.4 Å². The Morgan fingerprint density at radius 2 is 0.727 bits per heavy atom. The molecule has 8 nitrogen and oxygen atoms in total. The molecule has 0 amide bonds. The molecule has 394 valence electrons. The van der Waals surface area contributed by atoms with Crippen LogP contribution in [0.25, 0.3) is 0 Å². The molecule has 0 aromatic heterocycles. The summed E-state index contributed by atoms with van der Waals surface area (Å²) in [6, 6.07) is 0.590. The third-order valence-corrected chi connectivity index (χ3v) is 13.9. The summed E-state index contributed by atoms with van der Waals surface area (Å²) in [4.78, 5) is 28.0. The van der Waals surface area contributed by atoms with Crippen molar-refractivity contribution >= 4 is 11.9 Å². The highest BCUT2D eigenvalue weighted by atomic mass is 16.5. The Bertz CT molecular complexity index is 909. The number of esters is 2. The van der Waals surface area contributed by atoms with E-state index >= 15 is 0 Å². The third kappa shape index (κ3) is 45.2. The average Bonchev–Trinajstić information content (AvgIpc) is 3.32. The van der Waals surface area contributed by atoms with Crippen molar-refractivity contribution in [1.29, 1.82) is 0 Å². The van der Waals surface area contributed by atoms with E-state index in [9.17, 15) is 9.59 Å². The van der Waals surface area contributed by atoms with Crippen molar-refractivity contribution in [3.05, 3.63) is 0 Å². The van der Waals surface area contributed by atoms with Crippen molar-refractivity contribution in [2.75, 3.05) is 59.3 Å². The van der Waals surface area contributed by atoms with E-state index in [4.69, 9.17) is 24.7 Å². The van der Waals surface area contributed by atoms with Crippen molar-refractivity contribution in [2.45, 2.75) is 291 Å². The molecule has 0 saturated heterocycles. The molecule has 0 radical (unpaired) electrons. The normalized spacial score (nSPS) is 13.1. The standard InChI is InChI=1S/C58H116N2O6/c1-6-11-16-19-24-29-36-46-60(47-49-64-51-50-63-48-45-59)56(41-32-25-20-22-27-34-43-57(61)65-52-54(37-14-9-4)39-30-17-12-7-2)42-33-26-21-23-28-35-44-58(62)66-53-55(38-15-10-5)40-31-18-13-8-3/h54-56H,6-53,59H2,1-5H3. The minimum Gasteiger partial charge on any atom is -0.465 e. The number of nitrogens with zero attached hydrogens (tertiary/aromatic N) is 1. The predicted octanol–water partition coefficient (Wildman–Crippen LogP) is 16.3. The first-order valence-electron chi connectivity index (χ1n) is 29.4. The smallest absolute Gasteiger partial charge is 0.305 e. The lowest BCUT2D eigenvalue weighted by molar-refractivity contribution is -0.146. The van der Waals surface area contributed by atoms with Crippen molar-refractivity contribution in [1.82, 2.24) is 4.90 Å². The van der Waals surface area contributed by atoms with Crippen LogP contribution < -0.4 is 5.73 Å². The molecule has 2 N–H and O–H groups in total. The van der Waals surface area contributed by atoms with Crippen molar-refractivity contribution in [3.8, 4) is 0 Å². The van der Waals surface area contributed by atoms with E-state index in [1.54, 1.807) is 0 Å². The molecule has 0 aromatic rings. The van der Waals surface area contributed by atoms with Gasteiger partial charge in [-0.05, 0) is 76.2 Å². The summed E-state index contributed by atoms with van der Waals surface area (Å²) in [5.74, 6) is 1.09. The monoisotopic (exact) mass is 937 g/mol. The summed E-state index contributed by atoms with van der Waals surface area (Å²) in [5, 5.41) is 0. The van der Waals surface area contributed by atoms with Crippen LogP contribution >= 0.6 is 0 Å². The van der Waals surface area contributed by atoms with E-state index in [1.165, 1.54) is 212 Å². The lowest BCUT2D eigenvalue weighted by Crippen LogP contribution is -2.39. The van der Waals surface area contributed by atoms with Crippen molar-refractivity contribution in [2.24, 2.45) is 17.6 Å². The molecule has 0 spiro atoms. The van der Waals surface area contributed by atoms with Crippen LogP contribution in [0.5, 0.6) is 0 Å². The van der Waals surface area contributed by atoms with Gasteiger partial charge >= 0.3 is 11.9 Å². The molecule has 0 bridgehead atoms. The maximum Gasteiger partial charge on any atom is 0.305 e. The van der Waals surface area contributed by atoms with Gasteiger partial charge < -0.3 is 24.7 Å². The van der Waals surface area contributed by atoms with Crippen molar-refractivity contribution in [3.63, 3.8) is 0 Å². The maximum atomic E-state index is 12.6. The van der Waals surface area contributed by atoms with E-state index < -0.39 is 0 Å². The third-order valence-electron chi connectivity index (χ3n) is 13.9. The second kappa shape index (κ2) is 53.1. The Morgan fingerprint density at radius 1 is 0.379 bits per heavy atom. The minimum atomic E-state index is 0.00980. The summed E-state index contributed by atoms with van der Waals surface area (Å²) in [6.07, 6.45) is 47.0. The number of carbonyl (C=O) groups excluding carboxylic acids is 2. The minimum absolute atomic E-state index is 0.00980. The number of nitrogens with two attached hydrogens (primary N) is 1. The molecule has 0 aliphatic rings. The molecule has 0 rings (SSSR count). The van der Waals surface area contributed by atoms with Crippen LogP contribution in [0.2, 0.25) is 0 Å². The van der Waals surface area contributed by atoms with Gasteiger partial charge in [-0.2, -0.15) is 0 Å². The van der Waals surface area contributed by atoms with Crippen LogP contribution in [0.1, 0.15) is 285 Å². The zero-order valence-electron chi connectivity index (χ0n) is 45.1. The van der Waals surface area contributed by atoms with Crippen LogP contribution in [0, 0.1) is 11.8 Å². The summed E-state index contributed by atoms with van der Waals surface area (Å²) in [5.41, 5.74) is 5.60. The first-order valence-corrected chi connectivity index (χ1v) is 29.4. The highest BCUT2D eigenvalue weighted by Crippen LogP contribution is 2.23. The van der Waals surface area contributed by atoms with Crippen LogP contribution in [0.4, 0.5) is 0 Å². The highest BCUT2D eigenvalue weighted by Gasteiger charge is 2.19. The number of carbonyl (C=O) groups is 2. The fourth-order valence-electron chi connectivity index (χ4n) is 9.45. The zero-order chi connectivity index (χ0) is 48.2. The van der Waals surface area contributed by atoms with Crippen LogP contribution in [-0.4, -0.2) is 82.2 Å². The molecule has 0 saturated carbocycles. The van der Waals surface area contributed by atoms with Gasteiger partial charge in [0.25, 0.3) is 0 Å². The first kappa shape index (κ1) is 64.8. The zero-order valence-corrected chi connectivity index (χ0v) is 45.1. The summed E-state index contributed by atoms with van der Waals surface area (Å²) in [7, 11) is 0. The Labute approximate surface area is 411 Å². The Morgan fingerprint density at radius 3 is 1.17 bits per heavy atom. The van der Waals surface area contributed by atoms with Crippen LogP contribution in [-0.2, 0) is 28.5 Å². The average molecular weight is 938 g/mol. The molecule has 0 aliphatic carbocycles. The lowest BCUT2D eigenvalue weighted by Gasteiger charge is -2.32. The molecule has 66 heavy (non-hydrogen) atoms. The largest absolute Gasteiger partial charge is 0.465 e. The lowest BCUT2D eigenvalue weighted by atomic mass is 9.96. The number of unbranched alkanes of at least 4 members (excludes halogenated alkanes) is 24. The van der Waals surface area contributed by atoms with Gasteiger partial charge in [-0.1, -0.05) is 214 Å². The van der Waals surface area contributed by atoms with Gasteiger partial charge in [0, 0.05) is 32.0 Å². The Kier molecular flexibility index (Phi) is 52.2. The fraction of sp³-hybridized carbons (Fsp3) is 0.966. The van der Waals surface area contributed by atoms with Gasteiger partial charge in [0.05, 0.1) is 39.6 Å². The van der Waals surface area contributed by atoms with E-state index in [1.807, 2.05) is 0 Å². The first-order chi connectivity index (χ1) is 32.4. The Balaban J connectivity index is 4.98. The Hall–Kier alpha value is -1.22. The molecule has 2 unspecified atom stereocenters. The highest BCUT2D eigenvalue weighted by molar-refractivity contribution is 5.69. The van der Waals surface area contributed by atoms with Crippen molar-refractivity contribution < 1.29 is 28.5 Å². The molecule has 0 fully saturated rings. The van der Waals surface area contributed by atoms with E-state index in [-0.39, 0.29) is 11.9 Å². The second-order valence-electron chi connectivity index (χ2n) is 20.2. The summed E-state index contributed by atoms with van der Waals surface area (Å²) in [6.45, 7) is 17.8. The SMILES string of the molecule is CCCCCCCCCN(CCOCCOCCN)C(CCCCCCCCC(=O)OCC(CCCC)CCCCCC)CCCCCCCCC(=O)OCC(CCCC)CCCCCC. The summed E-state index contributed by atoms with van der Waals surface area (Å²) < 4.78 is 23.2. The van der Waals surface area contributed by atoms with Gasteiger partial charge in [0.2, 0.25) is 0 Å². The molecule has 2 atom stereocenters.